The van der Waals surface area contributed by atoms with Crippen LogP contribution in [0.3, 0.4) is 0 Å². The summed E-state index contributed by atoms with van der Waals surface area (Å²) in [4.78, 5) is 26.7. The highest BCUT2D eigenvalue weighted by molar-refractivity contribution is 6.30. The van der Waals surface area contributed by atoms with Gasteiger partial charge in [0.05, 0.1) is 22.8 Å². The van der Waals surface area contributed by atoms with E-state index in [1.165, 1.54) is 4.68 Å². The van der Waals surface area contributed by atoms with Gasteiger partial charge in [0, 0.05) is 23.0 Å². The van der Waals surface area contributed by atoms with Gasteiger partial charge in [0.2, 0.25) is 0 Å². The molecule has 2 aromatic heterocycles. The summed E-state index contributed by atoms with van der Waals surface area (Å²) in [6, 6.07) is 23.6. The van der Waals surface area contributed by atoms with Crippen LogP contribution in [0, 0.1) is 0 Å². The minimum absolute atomic E-state index is 0.0865. The maximum Gasteiger partial charge on any atom is 0.294 e. The van der Waals surface area contributed by atoms with E-state index in [2.05, 4.69) is 15.6 Å². The number of hydrogen-bond acceptors (Lipinski definition) is 4. The lowest BCUT2D eigenvalue weighted by Gasteiger charge is -2.10. The highest BCUT2D eigenvalue weighted by Crippen LogP contribution is 2.27. The number of nitrogens with one attached hydrogen (secondary N) is 1. The zero-order valence-corrected chi connectivity index (χ0v) is 18.3. The fourth-order valence-corrected chi connectivity index (χ4v) is 3.98. The van der Waals surface area contributed by atoms with Crippen molar-refractivity contribution in [3.63, 3.8) is 0 Å². The molecule has 0 atom stereocenters. The summed E-state index contributed by atoms with van der Waals surface area (Å²) < 4.78 is 3.03. The summed E-state index contributed by atoms with van der Waals surface area (Å²) in [5.74, 6) is -0.527. The van der Waals surface area contributed by atoms with Crippen LogP contribution in [0.5, 0.6) is 0 Å². The monoisotopic (exact) mass is 455 g/mol. The Kier molecular flexibility index (Phi) is 5.24. The van der Waals surface area contributed by atoms with Crippen LogP contribution in [-0.2, 0) is 7.05 Å². The Morgan fingerprint density at radius 3 is 2.45 bits per heavy atom. The molecule has 8 heteroatoms. The SMILES string of the molecule is Cn1c2ccccc2c2c(=O)n(-c3ccc(Cl)cc3)nc(C(=O)N/N=C/c3ccccc3)c21. The summed E-state index contributed by atoms with van der Waals surface area (Å²) in [6.45, 7) is 0. The molecule has 0 unspecified atom stereocenters. The third kappa shape index (κ3) is 3.68. The molecule has 0 fully saturated rings. The van der Waals surface area contributed by atoms with Crippen molar-refractivity contribution in [2.75, 3.05) is 0 Å². The lowest BCUT2D eigenvalue weighted by atomic mass is 10.2. The molecule has 0 aliphatic rings. The van der Waals surface area contributed by atoms with Crippen molar-refractivity contribution in [3.8, 4) is 5.69 Å². The van der Waals surface area contributed by atoms with Crippen LogP contribution < -0.4 is 11.0 Å². The molecule has 1 N–H and O–H groups in total. The number of aryl methyl sites for hydroxylation is 1. The number of rotatable bonds is 4. The Morgan fingerprint density at radius 1 is 1.00 bits per heavy atom. The van der Waals surface area contributed by atoms with E-state index in [1.807, 2.05) is 61.6 Å². The Bertz CT molecular complexity index is 1590. The van der Waals surface area contributed by atoms with Crippen LogP contribution in [0.1, 0.15) is 16.1 Å². The predicted molar refractivity (Wildman–Crippen MR) is 130 cm³/mol. The molecule has 0 aliphatic heterocycles. The summed E-state index contributed by atoms with van der Waals surface area (Å²) in [6.07, 6.45) is 1.55. The summed E-state index contributed by atoms with van der Waals surface area (Å²) in [7, 11) is 1.81. The number of fused-ring (bicyclic) bond motifs is 3. The van der Waals surface area contributed by atoms with Gasteiger partial charge in [0.15, 0.2) is 5.69 Å². The van der Waals surface area contributed by atoms with Gasteiger partial charge in [0.1, 0.15) is 0 Å². The van der Waals surface area contributed by atoms with E-state index < -0.39 is 5.91 Å². The van der Waals surface area contributed by atoms with Gasteiger partial charge in [-0.2, -0.15) is 14.9 Å². The zero-order valence-electron chi connectivity index (χ0n) is 17.6. The lowest BCUT2D eigenvalue weighted by molar-refractivity contribution is 0.0950. The maximum atomic E-state index is 13.5. The lowest BCUT2D eigenvalue weighted by Crippen LogP contribution is -2.28. The second kappa shape index (κ2) is 8.37. The first kappa shape index (κ1) is 20.7. The number of aromatic nitrogens is 3. The summed E-state index contributed by atoms with van der Waals surface area (Å²) in [5, 5.41) is 10.2. The molecule has 0 radical (unpaired) electrons. The summed E-state index contributed by atoms with van der Waals surface area (Å²) >= 11 is 6.01. The fourth-order valence-electron chi connectivity index (χ4n) is 3.85. The number of para-hydroxylation sites is 1. The fraction of sp³-hybridized carbons (Fsp3) is 0.0400. The second-order valence-corrected chi connectivity index (χ2v) is 7.89. The number of hydrazone groups is 1. The van der Waals surface area contributed by atoms with Crippen LogP contribution in [0.15, 0.2) is 88.8 Å². The van der Waals surface area contributed by atoms with E-state index >= 15 is 0 Å². The van der Waals surface area contributed by atoms with Crippen LogP contribution in [0.25, 0.3) is 27.5 Å². The van der Waals surface area contributed by atoms with Crippen LogP contribution in [0.2, 0.25) is 5.02 Å². The molecule has 1 amide bonds. The Morgan fingerprint density at radius 2 is 1.70 bits per heavy atom. The van der Waals surface area contributed by atoms with Crippen molar-refractivity contribution >= 4 is 45.5 Å². The normalized spacial score (nSPS) is 11.5. The van der Waals surface area contributed by atoms with Gasteiger partial charge in [0.25, 0.3) is 11.5 Å². The van der Waals surface area contributed by atoms with Gasteiger partial charge in [-0.25, -0.2) is 5.43 Å². The largest absolute Gasteiger partial charge is 0.341 e. The first-order chi connectivity index (χ1) is 16.0. The van der Waals surface area contributed by atoms with E-state index in [-0.39, 0.29) is 11.3 Å². The van der Waals surface area contributed by atoms with Crippen molar-refractivity contribution in [1.29, 1.82) is 0 Å². The first-order valence-electron chi connectivity index (χ1n) is 10.2. The number of benzene rings is 3. The Hall–Kier alpha value is -4.23. The third-order valence-corrected chi connectivity index (χ3v) is 5.66. The van der Waals surface area contributed by atoms with Gasteiger partial charge in [-0.15, -0.1) is 0 Å². The van der Waals surface area contributed by atoms with E-state index in [0.29, 0.717) is 21.6 Å². The number of carbonyl (C=O) groups is 1. The predicted octanol–water partition coefficient (Wildman–Crippen LogP) is 4.29. The van der Waals surface area contributed by atoms with Crippen LogP contribution in [0.4, 0.5) is 0 Å². The molecule has 162 valence electrons. The molecule has 2 heterocycles. The molecule has 0 bridgehead atoms. The number of hydrogen-bond donors (Lipinski definition) is 1. The van der Waals surface area contributed by atoms with E-state index in [1.54, 1.807) is 35.0 Å². The average Bonchev–Trinajstić information content (AvgIpc) is 3.14. The van der Waals surface area contributed by atoms with Crippen molar-refractivity contribution in [1.82, 2.24) is 19.8 Å². The molecule has 5 rings (SSSR count). The van der Waals surface area contributed by atoms with Crippen LogP contribution in [-0.4, -0.2) is 26.5 Å². The molecule has 0 saturated heterocycles. The average molecular weight is 456 g/mol. The molecular formula is C25H18ClN5O2. The molecule has 0 spiro atoms. The standard InChI is InChI=1S/C25H18ClN5O2/c1-30-20-10-6-5-9-19(20)21-23(30)22(24(32)28-27-15-16-7-3-2-4-8-16)29-31(25(21)33)18-13-11-17(26)12-14-18/h2-15H,1H3,(H,28,32)/b27-15+. The zero-order chi connectivity index (χ0) is 22.9. The highest BCUT2D eigenvalue weighted by Gasteiger charge is 2.23. The van der Waals surface area contributed by atoms with Crippen LogP contribution >= 0.6 is 11.6 Å². The molecule has 33 heavy (non-hydrogen) atoms. The summed E-state index contributed by atoms with van der Waals surface area (Å²) in [5.41, 5.74) is 4.90. The van der Waals surface area contributed by atoms with E-state index in [0.717, 1.165) is 16.5 Å². The molecule has 3 aromatic carbocycles. The number of nitrogens with zero attached hydrogens (tertiary/aromatic N) is 4. The van der Waals surface area contributed by atoms with Crippen molar-refractivity contribution in [2.24, 2.45) is 12.1 Å². The van der Waals surface area contributed by atoms with Gasteiger partial charge in [-0.05, 0) is 35.9 Å². The van der Waals surface area contributed by atoms with E-state index in [9.17, 15) is 9.59 Å². The van der Waals surface area contributed by atoms with Crippen molar-refractivity contribution in [2.45, 2.75) is 0 Å². The minimum atomic E-state index is -0.527. The first-order valence-corrected chi connectivity index (χ1v) is 10.6. The van der Waals surface area contributed by atoms with Gasteiger partial charge in [-0.3, -0.25) is 9.59 Å². The number of carbonyl (C=O) groups excluding carboxylic acids is 1. The Balaban J connectivity index is 1.70. The molecule has 0 saturated carbocycles. The van der Waals surface area contributed by atoms with Crippen molar-refractivity contribution in [3.05, 3.63) is 105 Å². The second-order valence-electron chi connectivity index (χ2n) is 7.45. The third-order valence-electron chi connectivity index (χ3n) is 5.40. The van der Waals surface area contributed by atoms with Gasteiger partial charge >= 0.3 is 0 Å². The molecular weight excluding hydrogens is 438 g/mol. The minimum Gasteiger partial charge on any atom is -0.341 e. The topological polar surface area (TPSA) is 81.3 Å². The quantitative estimate of drug-likeness (QED) is 0.324. The Labute approximate surface area is 193 Å². The van der Waals surface area contributed by atoms with Crippen molar-refractivity contribution < 1.29 is 4.79 Å². The molecule has 5 aromatic rings. The number of amides is 1. The van der Waals surface area contributed by atoms with Gasteiger partial charge < -0.3 is 4.57 Å². The molecule has 0 aliphatic carbocycles. The molecule has 7 nitrogen and oxygen atoms in total. The van der Waals surface area contributed by atoms with E-state index in [4.69, 9.17) is 11.6 Å². The number of halogens is 1. The highest BCUT2D eigenvalue weighted by atomic mass is 35.5. The smallest absolute Gasteiger partial charge is 0.294 e. The van der Waals surface area contributed by atoms with Gasteiger partial charge in [-0.1, -0.05) is 60.1 Å². The maximum absolute atomic E-state index is 13.5.